The molecule has 0 heterocycles. The summed E-state index contributed by atoms with van der Waals surface area (Å²) in [6, 6.07) is 0.751. The first kappa shape index (κ1) is 12.8. The standard InChI is InChI=1S/C10H20F2N2O/c11-10(12)8-15-7-1-4-13-5-6-14-9-2-3-9/h9-10,13-14H,1-8H2. The van der Waals surface area contributed by atoms with Gasteiger partial charge >= 0.3 is 0 Å². The summed E-state index contributed by atoms with van der Waals surface area (Å²) >= 11 is 0. The molecule has 0 amide bonds. The summed E-state index contributed by atoms with van der Waals surface area (Å²) in [5.41, 5.74) is 0. The lowest BCUT2D eigenvalue weighted by molar-refractivity contribution is 0.0168. The Bertz CT molecular complexity index is 146. The average molecular weight is 222 g/mol. The lowest BCUT2D eigenvalue weighted by Gasteiger charge is -2.06. The van der Waals surface area contributed by atoms with Crippen LogP contribution in [0.1, 0.15) is 19.3 Å². The summed E-state index contributed by atoms with van der Waals surface area (Å²) < 4.78 is 28.0. The van der Waals surface area contributed by atoms with E-state index in [2.05, 4.69) is 10.6 Å². The maximum absolute atomic E-state index is 11.6. The van der Waals surface area contributed by atoms with Crippen molar-refractivity contribution >= 4 is 0 Å². The number of ether oxygens (including phenoxy) is 1. The molecule has 0 aromatic heterocycles. The Hall–Kier alpha value is -0.260. The van der Waals surface area contributed by atoms with Gasteiger partial charge in [-0.1, -0.05) is 0 Å². The molecule has 1 aliphatic carbocycles. The minimum atomic E-state index is -2.35. The van der Waals surface area contributed by atoms with Gasteiger partial charge in [-0.05, 0) is 25.8 Å². The molecule has 0 bridgehead atoms. The molecule has 1 rings (SSSR count). The molecule has 1 aliphatic rings. The van der Waals surface area contributed by atoms with Gasteiger partial charge in [0, 0.05) is 25.7 Å². The first-order chi connectivity index (χ1) is 7.29. The molecular formula is C10H20F2N2O. The minimum absolute atomic E-state index is 0.410. The van der Waals surface area contributed by atoms with Crippen molar-refractivity contribution in [1.29, 1.82) is 0 Å². The number of rotatable bonds is 10. The van der Waals surface area contributed by atoms with Crippen molar-refractivity contribution < 1.29 is 13.5 Å². The third-order valence-corrected chi connectivity index (χ3v) is 2.20. The summed E-state index contributed by atoms with van der Waals surface area (Å²) in [6.07, 6.45) is 1.06. The monoisotopic (exact) mass is 222 g/mol. The predicted molar refractivity (Wildman–Crippen MR) is 55.3 cm³/mol. The van der Waals surface area contributed by atoms with Gasteiger partial charge in [-0.3, -0.25) is 0 Å². The van der Waals surface area contributed by atoms with Crippen LogP contribution in [-0.2, 0) is 4.74 Å². The van der Waals surface area contributed by atoms with Crippen molar-refractivity contribution in [3.8, 4) is 0 Å². The van der Waals surface area contributed by atoms with Crippen LogP contribution in [0.4, 0.5) is 8.78 Å². The first-order valence-electron chi connectivity index (χ1n) is 5.59. The molecule has 0 atom stereocenters. The van der Waals surface area contributed by atoms with Gasteiger partial charge in [0.2, 0.25) is 0 Å². The number of alkyl halides is 2. The highest BCUT2D eigenvalue weighted by molar-refractivity contribution is 4.80. The lowest BCUT2D eigenvalue weighted by Crippen LogP contribution is -2.29. The van der Waals surface area contributed by atoms with Gasteiger partial charge in [0.1, 0.15) is 6.61 Å². The van der Waals surface area contributed by atoms with E-state index in [0.29, 0.717) is 6.61 Å². The molecule has 0 aromatic carbocycles. The molecule has 2 N–H and O–H groups in total. The zero-order valence-electron chi connectivity index (χ0n) is 8.98. The van der Waals surface area contributed by atoms with Crippen molar-refractivity contribution in [2.75, 3.05) is 32.8 Å². The number of hydrogen-bond donors (Lipinski definition) is 2. The van der Waals surface area contributed by atoms with E-state index in [4.69, 9.17) is 4.74 Å². The Labute approximate surface area is 89.6 Å². The van der Waals surface area contributed by atoms with Gasteiger partial charge in [-0.2, -0.15) is 0 Å². The van der Waals surface area contributed by atoms with Crippen LogP contribution in [-0.4, -0.2) is 45.3 Å². The van der Waals surface area contributed by atoms with E-state index in [1.165, 1.54) is 12.8 Å². The third-order valence-electron chi connectivity index (χ3n) is 2.20. The second-order valence-corrected chi connectivity index (χ2v) is 3.80. The average Bonchev–Trinajstić information content (AvgIpc) is 2.98. The summed E-state index contributed by atoms with van der Waals surface area (Å²) in [7, 11) is 0. The van der Waals surface area contributed by atoms with Crippen molar-refractivity contribution in [3.63, 3.8) is 0 Å². The van der Waals surface area contributed by atoms with Crippen LogP contribution in [0.3, 0.4) is 0 Å². The molecule has 0 unspecified atom stereocenters. The maximum atomic E-state index is 11.6. The highest BCUT2D eigenvalue weighted by atomic mass is 19.3. The minimum Gasteiger partial charge on any atom is -0.375 e. The second-order valence-electron chi connectivity index (χ2n) is 3.80. The highest BCUT2D eigenvalue weighted by Crippen LogP contribution is 2.17. The molecule has 0 saturated heterocycles. The van der Waals surface area contributed by atoms with E-state index < -0.39 is 13.0 Å². The van der Waals surface area contributed by atoms with Crippen LogP contribution in [0.25, 0.3) is 0 Å². The number of nitrogens with one attached hydrogen (secondary N) is 2. The van der Waals surface area contributed by atoms with Crippen LogP contribution >= 0.6 is 0 Å². The van der Waals surface area contributed by atoms with Crippen molar-refractivity contribution in [2.24, 2.45) is 0 Å². The number of hydrogen-bond acceptors (Lipinski definition) is 3. The number of halogens is 2. The van der Waals surface area contributed by atoms with Crippen LogP contribution in [0.15, 0.2) is 0 Å². The Balaban J connectivity index is 1.65. The predicted octanol–water partition coefficient (Wildman–Crippen LogP) is 1.000. The van der Waals surface area contributed by atoms with Crippen molar-refractivity contribution in [3.05, 3.63) is 0 Å². The van der Waals surface area contributed by atoms with Gasteiger partial charge in [-0.15, -0.1) is 0 Å². The van der Waals surface area contributed by atoms with Gasteiger partial charge in [0.05, 0.1) is 0 Å². The molecule has 1 saturated carbocycles. The summed E-state index contributed by atoms with van der Waals surface area (Å²) in [5.74, 6) is 0. The van der Waals surface area contributed by atoms with E-state index in [1.807, 2.05) is 0 Å². The van der Waals surface area contributed by atoms with Crippen molar-refractivity contribution in [2.45, 2.75) is 31.7 Å². The van der Waals surface area contributed by atoms with Crippen LogP contribution < -0.4 is 10.6 Å². The normalized spacial score (nSPS) is 16.2. The Morgan fingerprint density at radius 2 is 2.00 bits per heavy atom. The largest absolute Gasteiger partial charge is 0.375 e. The maximum Gasteiger partial charge on any atom is 0.261 e. The molecule has 15 heavy (non-hydrogen) atoms. The Morgan fingerprint density at radius 1 is 1.20 bits per heavy atom. The van der Waals surface area contributed by atoms with Crippen LogP contribution in [0.5, 0.6) is 0 Å². The summed E-state index contributed by atoms with van der Waals surface area (Å²) in [5, 5.41) is 6.61. The quantitative estimate of drug-likeness (QED) is 0.541. The van der Waals surface area contributed by atoms with E-state index in [1.54, 1.807) is 0 Å². The van der Waals surface area contributed by atoms with Gasteiger partial charge in [-0.25, -0.2) is 8.78 Å². The smallest absolute Gasteiger partial charge is 0.261 e. The fraction of sp³-hybridized carbons (Fsp3) is 1.00. The summed E-state index contributed by atoms with van der Waals surface area (Å²) in [6.45, 7) is 2.72. The fourth-order valence-electron chi connectivity index (χ4n) is 1.25. The van der Waals surface area contributed by atoms with Gasteiger partial charge < -0.3 is 15.4 Å². The van der Waals surface area contributed by atoms with Crippen LogP contribution in [0.2, 0.25) is 0 Å². The molecule has 0 radical (unpaired) electrons. The molecule has 0 aromatic rings. The molecule has 0 aliphatic heterocycles. The zero-order valence-corrected chi connectivity index (χ0v) is 8.98. The van der Waals surface area contributed by atoms with E-state index in [0.717, 1.165) is 32.1 Å². The Kier molecular flexibility index (Phi) is 6.80. The SMILES string of the molecule is FC(F)COCCCNCCNC1CC1. The van der Waals surface area contributed by atoms with E-state index in [9.17, 15) is 8.78 Å². The second kappa shape index (κ2) is 7.96. The molecule has 0 spiro atoms. The van der Waals surface area contributed by atoms with Crippen molar-refractivity contribution in [1.82, 2.24) is 10.6 Å². The lowest BCUT2D eigenvalue weighted by atomic mass is 10.4. The first-order valence-corrected chi connectivity index (χ1v) is 5.59. The third kappa shape index (κ3) is 8.72. The highest BCUT2D eigenvalue weighted by Gasteiger charge is 2.19. The Morgan fingerprint density at radius 3 is 2.67 bits per heavy atom. The van der Waals surface area contributed by atoms with Gasteiger partial charge in [0.15, 0.2) is 0 Å². The molecule has 90 valence electrons. The van der Waals surface area contributed by atoms with E-state index >= 15 is 0 Å². The molecule has 1 fully saturated rings. The van der Waals surface area contributed by atoms with E-state index in [-0.39, 0.29) is 0 Å². The molecular weight excluding hydrogens is 202 g/mol. The van der Waals surface area contributed by atoms with Crippen LogP contribution in [0, 0.1) is 0 Å². The fourth-order valence-corrected chi connectivity index (χ4v) is 1.25. The van der Waals surface area contributed by atoms with Gasteiger partial charge in [0.25, 0.3) is 6.43 Å². The molecule has 3 nitrogen and oxygen atoms in total. The zero-order chi connectivity index (χ0) is 10.9. The summed E-state index contributed by atoms with van der Waals surface area (Å²) in [4.78, 5) is 0. The topological polar surface area (TPSA) is 33.3 Å². The molecule has 5 heteroatoms.